The van der Waals surface area contributed by atoms with Gasteiger partial charge in [-0.25, -0.2) is 0 Å². The summed E-state index contributed by atoms with van der Waals surface area (Å²) in [5.74, 6) is 0. The molecule has 1 heterocycles. The zero-order valence-electron chi connectivity index (χ0n) is 11.1. The van der Waals surface area contributed by atoms with E-state index in [-0.39, 0.29) is 5.60 Å². The molecule has 0 aromatic carbocycles. The predicted octanol–water partition coefficient (Wildman–Crippen LogP) is 2.03. The molecule has 4 heteroatoms. The lowest BCUT2D eigenvalue weighted by Gasteiger charge is -2.42. The summed E-state index contributed by atoms with van der Waals surface area (Å²) in [7, 11) is 3.79. The molecule has 1 N–H and O–H groups in total. The van der Waals surface area contributed by atoms with Crippen molar-refractivity contribution in [2.24, 2.45) is 7.05 Å². The molecule has 0 saturated heterocycles. The molecule has 1 fully saturated rings. The van der Waals surface area contributed by atoms with Crippen LogP contribution in [0.5, 0.6) is 0 Å². The lowest BCUT2D eigenvalue weighted by Crippen LogP contribution is -2.43. The number of aryl methyl sites for hydroxylation is 1. The summed E-state index contributed by atoms with van der Waals surface area (Å²) in [5.41, 5.74) is 1.21. The fourth-order valence-electron chi connectivity index (χ4n) is 2.58. The molecule has 1 atom stereocenters. The molecule has 2 rings (SSSR count). The first-order chi connectivity index (χ1) is 8.19. The van der Waals surface area contributed by atoms with Crippen molar-refractivity contribution in [2.75, 3.05) is 13.7 Å². The van der Waals surface area contributed by atoms with Gasteiger partial charge in [0, 0.05) is 20.4 Å². The summed E-state index contributed by atoms with van der Waals surface area (Å²) in [6.07, 6.45) is 6.67. The van der Waals surface area contributed by atoms with Crippen molar-refractivity contribution in [1.82, 2.24) is 15.1 Å². The highest BCUT2D eigenvalue weighted by Crippen LogP contribution is 2.41. The quantitative estimate of drug-likeness (QED) is 0.823. The first-order valence-corrected chi connectivity index (χ1v) is 6.47. The van der Waals surface area contributed by atoms with E-state index in [1.54, 1.807) is 0 Å². The molecule has 1 aliphatic rings. The van der Waals surface area contributed by atoms with Crippen LogP contribution in [0.3, 0.4) is 0 Å². The van der Waals surface area contributed by atoms with Crippen molar-refractivity contribution in [1.29, 1.82) is 0 Å². The molecule has 17 heavy (non-hydrogen) atoms. The van der Waals surface area contributed by atoms with Gasteiger partial charge in [0.1, 0.15) is 0 Å². The van der Waals surface area contributed by atoms with E-state index in [1.807, 2.05) is 25.0 Å². The number of methoxy groups -OCH3 is 1. The first kappa shape index (κ1) is 12.6. The van der Waals surface area contributed by atoms with Crippen LogP contribution in [0.15, 0.2) is 12.3 Å². The molecule has 96 valence electrons. The van der Waals surface area contributed by atoms with Crippen molar-refractivity contribution < 1.29 is 4.74 Å². The van der Waals surface area contributed by atoms with E-state index in [2.05, 4.69) is 23.4 Å². The minimum Gasteiger partial charge on any atom is -0.378 e. The summed E-state index contributed by atoms with van der Waals surface area (Å²) >= 11 is 0. The topological polar surface area (TPSA) is 39.1 Å². The molecule has 1 aliphatic carbocycles. The third-order valence-electron chi connectivity index (χ3n) is 3.82. The van der Waals surface area contributed by atoms with Crippen molar-refractivity contribution in [3.05, 3.63) is 18.0 Å². The maximum atomic E-state index is 5.70. The minimum atomic E-state index is 0.0877. The normalized spacial score (nSPS) is 19.9. The maximum absolute atomic E-state index is 5.70. The zero-order chi connectivity index (χ0) is 12.3. The van der Waals surface area contributed by atoms with Crippen molar-refractivity contribution in [3.63, 3.8) is 0 Å². The molecule has 0 radical (unpaired) electrons. The Morgan fingerprint density at radius 2 is 2.35 bits per heavy atom. The van der Waals surface area contributed by atoms with E-state index in [4.69, 9.17) is 4.74 Å². The molecule has 0 aliphatic heterocycles. The van der Waals surface area contributed by atoms with Crippen LogP contribution in [0.2, 0.25) is 0 Å². The Kier molecular flexibility index (Phi) is 3.84. The van der Waals surface area contributed by atoms with Gasteiger partial charge in [-0.15, -0.1) is 0 Å². The Hall–Kier alpha value is -0.870. The fourth-order valence-corrected chi connectivity index (χ4v) is 2.58. The van der Waals surface area contributed by atoms with Crippen LogP contribution in [-0.4, -0.2) is 29.0 Å². The molecule has 1 aromatic rings. The second kappa shape index (κ2) is 5.19. The van der Waals surface area contributed by atoms with Crippen molar-refractivity contribution in [2.45, 2.75) is 44.2 Å². The van der Waals surface area contributed by atoms with Crippen LogP contribution in [0, 0.1) is 0 Å². The highest BCUT2D eigenvalue weighted by molar-refractivity contribution is 5.08. The Morgan fingerprint density at radius 1 is 1.59 bits per heavy atom. The standard InChI is InChI=1S/C13H23N3O/c1-4-14-12(11-6-9-16(2)15-11)10-13(17-3)7-5-8-13/h6,9,12,14H,4-5,7-8,10H2,1-3H3. The number of ether oxygens (including phenoxy) is 1. The van der Waals surface area contributed by atoms with Crippen LogP contribution in [0.25, 0.3) is 0 Å². The summed E-state index contributed by atoms with van der Waals surface area (Å²) in [6.45, 7) is 3.09. The van der Waals surface area contributed by atoms with Crippen LogP contribution in [0.4, 0.5) is 0 Å². The van der Waals surface area contributed by atoms with E-state index in [0.717, 1.165) is 18.7 Å². The van der Waals surface area contributed by atoms with Gasteiger partial charge in [-0.05, 0) is 38.3 Å². The molecule has 4 nitrogen and oxygen atoms in total. The highest BCUT2D eigenvalue weighted by Gasteiger charge is 2.39. The first-order valence-electron chi connectivity index (χ1n) is 6.47. The number of hydrogen-bond acceptors (Lipinski definition) is 3. The van der Waals surface area contributed by atoms with Gasteiger partial charge in [0.05, 0.1) is 17.3 Å². The van der Waals surface area contributed by atoms with E-state index in [0.29, 0.717) is 6.04 Å². The zero-order valence-corrected chi connectivity index (χ0v) is 11.1. The van der Waals surface area contributed by atoms with E-state index in [9.17, 15) is 0 Å². The van der Waals surface area contributed by atoms with Crippen LogP contribution >= 0.6 is 0 Å². The average molecular weight is 237 g/mol. The Labute approximate surface area is 103 Å². The van der Waals surface area contributed by atoms with Crippen molar-refractivity contribution >= 4 is 0 Å². The van der Waals surface area contributed by atoms with Crippen LogP contribution in [-0.2, 0) is 11.8 Å². The molecule has 0 spiro atoms. The van der Waals surface area contributed by atoms with Gasteiger partial charge in [-0.1, -0.05) is 6.92 Å². The predicted molar refractivity (Wildman–Crippen MR) is 67.8 cm³/mol. The number of rotatable bonds is 6. The lowest BCUT2D eigenvalue weighted by atomic mass is 9.75. The molecular weight excluding hydrogens is 214 g/mol. The molecule has 0 bridgehead atoms. The molecule has 1 aromatic heterocycles. The number of aromatic nitrogens is 2. The number of nitrogens with zero attached hydrogens (tertiary/aromatic N) is 2. The highest BCUT2D eigenvalue weighted by atomic mass is 16.5. The van der Waals surface area contributed by atoms with Gasteiger partial charge in [0.25, 0.3) is 0 Å². The Bertz CT molecular complexity index is 352. The monoisotopic (exact) mass is 237 g/mol. The molecule has 1 saturated carbocycles. The Morgan fingerprint density at radius 3 is 2.76 bits per heavy atom. The van der Waals surface area contributed by atoms with Gasteiger partial charge in [0.15, 0.2) is 0 Å². The summed E-state index contributed by atoms with van der Waals surface area (Å²) < 4.78 is 7.57. The van der Waals surface area contributed by atoms with Gasteiger partial charge >= 0.3 is 0 Å². The van der Waals surface area contributed by atoms with Crippen LogP contribution in [0.1, 0.15) is 44.3 Å². The molecule has 1 unspecified atom stereocenters. The summed E-state index contributed by atoms with van der Waals surface area (Å²) in [5, 5.41) is 8.02. The molecule has 0 amide bonds. The number of nitrogens with one attached hydrogen (secondary N) is 1. The fraction of sp³-hybridized carbons (Fsp3) is 0.769. The third kappa shape index (κ3) is 2.69. The molecular formula is C13H23N3O. The Balaban J connectivity index is 2.06. The van der Waals surface area contributed by atoms with Crippen molar-refractivity contribution in [3.8, 4) is 0 Å². The van der Waals surface area contributed by atoms with Gasteiger partial charge in [0.2, 0.25) is 0 Å². The third-order valence-corrected chi connectivity index (χ3v) is 3.82. The van der Waals surface area contributed by atoms with Gasteiger partial charge in [-0.2, -0.15) is 5.10 Å². The maximum Gasteiger partial charge on any atom is 0.0794 e. The van der Waals surface area contributed by atoms with Gasteiger partial charge in [-0.3, -0.25) is 4.68 Å². The lowest BCUT2D eigenvalue weighted by molar-refractivity contribution is -0.0840. The van der Waals surface area contributed by atoms with E-state index < -0.39 is 0 Å². The minimum absolute atomic E-state index is 0.0877. The van der Waals surface area contributed by atoms with Gasteiger partial charge < -0.3 is 10.1 Å². The SMILES string of the molecule is CCNC(CC1(OC)CCC1)c1ccn(C)n1. The van der Waals surface area contributed by atoms with E-state index >= 15 is 0 Å². The van der Waals surface area contributed by atoms with E-state index in [1.165, 1.54) is 19.3 Å². The number of hydrogen-bond donors (Lipinski definition) is 1. The smallest absolute Gasteiger partial charge is 0.0794 e. The average Bonchev–Trinajstić information content (AvgIpc) is 2.69. The largest absolute Gasteiger partial charge is 0.378 e. The second-order valence-electron chi connectivity index (χ2n) is 4.97. The summed E-state index contributed by atoms with van der Waals surface area (Å²) in [4.78, 5) is 0. The van der Waals surface area contributed by atoms with Crippen LogP contribution < -0.4 is 5.32 Å². The second-order valence-corrected chi connectivity index (χ2v) is 4.97. The summed E-state index contributed by atoms with van der Waals surface area (Å²) in [6, 6.07) is 2.40.